The van der Waals surface area contributed by atoms with Crippen LogP contribution in [0.5, 0.6) is 0 Å². The molecule has 0 saturated heterocycles. The van der Waals surface area contributed by atoms with Crippen LogP contribution in [0.25, 0.3) is 5.69 Å². The van der Waals surface area contributed by atoms with Crippen LogP contribution in [-0.4, -0.2) is 39.7 Å². The average Bonchev–Trinajstić information content (AvgIpc) is 2.99. The van der Waals surface area contributed by atoms with Crippen LogP contribution in [-0.2, 0) is 12.8 Å². The molecule has 3 aromatic rings. The fourth-order valence-electron chi connectivity index (χ4n) is 4.61. The number of carbonyl (C=O) groups is 1. The molecule has 160 valence electrons. The fourth-order valence-corrected chi connectivity index (χ4v) is 4.61. The van der Waals surface area contributed by atoms with Crippen LogP contribution in [0.1, 0.15) is 46.4 Å². The number of hydrogen-bond acceptors (Lipinski definition) is 3. The molecule has 0 unspecified atom stereocenters. The minimum absolute atomic E-state index is 0.185. The number of aromatic nitrogens is 2. The van der Waals surface area contributed by atoms with Gasteiger partial charge in [-0.1, -0.05) is 12.5 Å². The highest BCUT2D eigenvalue weighted by Crippen LogP contribution is 2.28. The van der Waals surface area contributed by atoms with E-state index in [1.807, 2.05) is 13.0 Å². The Morgan fingerprint density at radius 2 is 1.81 bits per heavy atom. The highest BCUT2D eigenvalue weighted by atomic mass is 19.1. The van der Waals surface area contributed by atoms with E-state index in [-0.39, 0.29) is 11.7 Å². The number of halogens is 1. The van der Waals surface area contributed by atoms with Gasteiger partial charge in [0.15, 0.2) is 0 Å². The van der Waals surface area contributed by atoms with Crippen molar-refractivity contribution in [2.24, 2.45) is 0 Å². The minimum atomic E-state index is -0.300. The Morgan fingerprint density at radius 1 is 1.06 bits per heavy atom. The van der Waals surface area contributed by atoms with Gasteiger partial charge in [-0.25, -0.2) is 9.07 Å². The summed E-state index contributed by atoms with van der Waals surface area (Å²) in [5, 5.41) is 7.36. The Hall–Kier alpha value is -2.99. The van der Waals surface area contributed by atoms with Gasteiger partial charge in [-0.05, 0) is 80.1 Å². The van der Waals surface area contributed by atoms with Crippen LogP contribution in [0.3, 0.4) is 0 Å². The molecule has 5 rings (SSSR count). The molecule has 6 heteroatoms. The SMILES string of the molecule is Cc1c(C(=O)Nc2ccc3c(c2)CCN(C2CCC2)CC3)cnn1-c1ccc(F)cc1. The van der Waals surface area contributed by atoms with Crippen molar-refractivity contribution in [1.29, 1.82) is 0 Å². The predicted octanol–water partition coefficient (Wildman–Crippen LogP) is 4.53. The molecular weight excluding hydrogens is 391 g/mol. The first-order chi connectivity index (χ1) is 15.1. The molecule has 2 aromatic carbocycles. The Morgan fingerprint density at radius 3 is 2.52 bits per heavy atom. The van der Waals surface area contributed by atoms with Crippen LogP contribution in [0.2, 0.25) is 0 Å². The zero-order valence-corrected chi connectivity index (χ0v) is 17.8. The lowest BCUT2D eigenvalue weighted by Crippen LogP contribution is -2.41. The summed E-state index contributed by atoms with van der Waals surface area (Å²) in [4.78, 5) is 15.6. The van der Waals surface area contributed by atoms with Gasteiger partial charge in [0, 0.05) is 24.8 Å². The van der Waals surface area contributed by atoms with Crippen LogP contribution >= 0.6 is 0 Å². The Kier molecular flexibility index (Phi) is 5.32. The molecule has 5 nitrogen and oxygen atoms in total. The fraction of sp³-hybridized carbons (Fsp3) is 0.360. The Balaban J connectivity index is 1.30. The van der Waals surface area contributed by atoms with E-state index in [0.717, 1.165) is 49.0 Å². The lowest BCUT2D eigenvalue weighted by atomic mass is 9.91. The van der Waals surface area contributed by atoms with Gasteiger partial charge in [-0.2, -0.15) is 5.10 Å². The topological polar surface area (TPSA) is 50.2 Å². The summed E-state index contributed by atoms with van der Waals surface area (Å²) in [7, 11) is 0. The van der Waals surface area contributed by atoms with Gasteiger partial charge >= 0.3 is 0 Å². The van der Waals surface area contributed by atoms with E-state index in [4.69, 9.17) is 0 Å². The predicted molar refractivity (Wildman–Crippen MR) is 119 cm³/mol. The van der Waals surface area contributed by atoms with Crippen molar-refractivity contribution in [3.8, 4) is 5.69 Å². The molecule has 0 spiro atoms. The molecule has 1 aliphatic heterocycles. The number of nitrogens with one attached hydrogen (secondary N) is 1. The maximum absolute atomic E-state index is 13.2. The quantitative estimate of drug-likeness (QED) is 0.678. The van der Waals surface area contributed by atoms with Gasteiger partial charge in [-0.3, -0.25) is 9.69 Å². The second kappa shape index (κ2) is 8.27. The van der Waals surface area contributed by atoms with Crippen molar-refractivity contribution in [3.05, 3.63) is 76.9 Å². The lowest BCUT2D eigenvalue weighted by Gasteiger charge is -2.36. The molecule has 0 atom stereocenters. The summed E-state index contributed by atoms with van der Waals surface area (Å²) in [5.41, 5.74) is 5.48. The van der Waals surface area contributed by atoms with Crippen LogP contribution in [0, 0.1) is 12.7 Å². The van der Waals surface area contributed by atoms with E-state index < -0.39 is 0 Å². The van der Waals surface area contributed by atoms with E-state index in [2.05, 4.69) is 27.4 Å². The Labute approximate surface area is 181 Å². The third-order valence-electron chi connectivity index (χ3n) is 6.72. The number of hydrogen-bond donors (Lipinski definition) is 1. The number of rotatable bonds is 4. The smallest absolute Gasteiger partial charge is 0.259 e. The molecule has 2 heterocycles. The molecule has 0 radical (unpaired) electrons. The van der Waals surface area contributed by atoms with Crippen molar-refractivity contribution in [1.82, 2.24) is 14.7 Å². The molecule has 1 aromatic heterocycles. The maximum Gasteiger partial charge on any atom is 0.259 e. The lowest BCUT2D eigenvalue weighted by molar-refractivity contribution is 0.102. The number of anilines is 1. The molecule has 1 aliphatic carbocycles. The summed E-state index contributed by atoms with van der Waals surface area (Å²) < 4.78 is 14.9. The first-order valence-electron chi connectivity index (χ1n) is 11.1. The molecular formula is C25H27FN4O. The zero-order valence-electron chi connectivity index (χ0n) is 17.8. The van der Waals surface area contributed by atoms with Crippen molar-refractivity contribution in [2.45, 2.75) is 45.1 Å². The molecule has 1 amide bonds. The van der Waals surface area contributed by atoms with Crippen molar-refractivity contribution in [3.63, 3.8) is 0 Å². The second-order valence-corrected chi connectivity index (χ2v) is 8.59. The van der Waals surface area contributed by atoms with Crippen LogP contribution < -0.4 is 5.32 Å². The number of fused-ring (bicyclic) bond motifs is 1. The minimum Gasteiger partial charge on any atom is -0.322 e. The molecule has 1 N–H and O–H groups in total. The Bertz CT molecular complexity index is 1100. The van der Waals surface area contributed by atoms with E-state index >= 15 is 0 Å². The number of benzene rings is 2. The third kappa shape index (κ3) is 4.00. The largest absolute Gasteiger partial charge is 0.322 e. The van der Waals surface area contributed by atoms with Crippen LogP contribution in [0.4, 0.5) is 10.1 Å². The second-order valence-electron chi connectivity index (χ2n) is 8.59. The highest BCUT2D eigenvalue weighted by molar-refractivity contribution is 6.05. The van der Waals surface area contributed by atoms with E-state index in [1.54, 1.807) is 23.0 Å². The van der Waals surface area contributed by atoms with Gasteiger partial charge in [0.1, 0.15) is 5.82 Å². The number of amides is 1. The average molecular weight is 419 g/mol. The van der Waals surface area contributed by atoms with Crippen molar-refractivity contribution < 1.29 is 9.18 Å². The molecule has 1 fully saturated rings. The summed E-state index contributed by atoms with van der Waals surface area (Å²) in [6.45, 7) is 4.07. The number of nitrogens with zero attached hydrogens (tertiary/aromatic N) is 3. The molecule has 1 saturated carbocycles. The number of carbonyl (C=O) groups excluding carboxylic acids is 1. The molecule has 0 bridgehead atoms. The van der Waals surface area contributed by atoms with Crippen molar-refractivity contribution in [2.75, 3.05) is 18.4 Å². The maximum atomic E-state index is 13.2. The first kappa shape index (κ1) is 19.9. The van der Waals surface area contributed by atoms with Crippen molar-refractivity contribution >= 4 is 11.6 Å². The normalized spacial score (nSPS) is 17.0. The van der Waals surface area contributed by atoms with Gasteiger partial charge in [-0.15, -0.1) is 0 Å². The van der Waals surface area contributed by atoms with E-state index in [0.29, 0.717) is 5.56 Å². The standard InChI is InChI=1S/C25H27FN4O/c1-17-24(16-27-30(17)23-9-6-20(26)7-10-23)25(31)28-21-8-5-18-11-13-29(22-3-2-4-22)14-12-19(18)15-21/h5-10,15-16,22H,2-4,11-14H2,1H3,(H,28,31). The van der Waals surface area contributed by atoms with E-state index in [1.165, 1.54) is 42.5 Å². The highest BCUT2D eigenvalue weighted by Gasteiger charge is 2.26. The molecule has 2 aliphatic rings. The summed E-state index contributed by atoms with van der Waals surface area (Å²) in [6, 6.07) is 13.1. The van der Waals surface area contributed by atoms with E-state index in [9.17, 15) is 9.18 Å². The van der Waals surface area contributed by atoms with Gasteiger partial charge in [0.2, 0.25) is 0 Å². The van der Waals surface area contributed by atoms with Gasteiger partial charge in [0.25, 0.3) is 5.91 Å². The van der Waals surface area contributed by atoms with Gasteiger partial charge < -0.3 is 5.32 Å². The zero-order chi connectivity index (χ0) is 21.4. The molecule has 31 heavy (non-hydrogen) atoms. The van der Waals surface area contributed by atoms with Crippen LogP contribution in [0.15, 0.2) is 48.7 Å². The first-order valence-corrected chi connectivity index (χ1v) is 11.1. The monoisotopic (exact) mass is 418 g/mol. The third-order valence-corrected chi connectivity index (χ3v) is 6.72. The summed E-state index contributed by atoms with van der Waals surface area (Å²) in [5.74, 6) is -0.485. The van der Waals surface area contributed by atoms with Gasteiger partial charge in [0.05, 0.1) is 23.1 Å². The summed E-state index contributed by atoms with van der Waals surface area (Å²) >= 11 is 0. The summed E-state index contributed by atoms with van der Waals surface area (Å²) in [6.07, 6.45) is 7.70.